The van der Waals surface area contributed by atoms with Gasteiger partial charge in [0.05, 0.1) is 16.6 Å². The number of nitrogens with zero attached hydrogens (tertiary/aromatic N) is 2. The quantitative estimate of drug-likeness (QED) is 0.676. The molecule has 1 aromatic heterocycles. The Morgan fingerprint density at radius 2 is 1.96 bits per heavy atom. The van der Waals surface area contributed by atoms with Crippen molar-refractivity contribution in [2.45, 2.75) is 18.2 Å². The molecule has 118 valence electrons. The first-order valence-electron chi connectivity index (χ1n) is 7.33. The third-order valence-corrected chi connectivity index (χ3v) is 5.53. The van der Waals surface area contributed by atoms with Gasteiger partial charge in [0.15, 0.2) is 4.80 Å². The molecular formula is C18H18N2OS2. The van der Waals surface area contributed by atoms with Crippen molar-refractivity contribution in [3.05, 3.63) is 58.4 Å². The Morgan fingerprint density at radius 1 is 1.22 bits per heavy atom. The minimum Gasteiger partial charge on any atom is -0.319 e. The molecule has 2 aromatic carbocycles. The fraction of sp³-hybridized carbons (Fsp3) is 0.222. The third-order valence-electron chi connectivity index (χ3n) is 3.71. The SMILES string of the molecule is CSc1ccc2c(c1)sc(=NC(=O)Cc1ccc(C)cc1)n2C. The molecule has 3 rings (SSSR count). The van der Waals surface area contributed by atoms with E-state index in [1.807, 2.05) is 42.8 Å². The van der Waals surface area contributed by atoms with E-state index in [4.69, 9.17) is 0 Å². The van der Waals surface area contributed by atoms with Crippen molar-refractivity contribution in [2.75, 3.05) is 6.26 Å². The van der Waals surface area contributed by atoms with Crippen molar-refractivity contribution >= 4 is 39.2 Å². The summed E-state index contributed by atoms with van der Waals surface area (Å²) in [5.41, 5.74) is 3.30. The first kappa shape index (κ1) is 16.0. The maximum atomic E-state index is 12.2. The molecule has 3 nitrogen and oxygen atoms in total. The normalized spacial score (nSPS) is 12.0. The number of carbonyl (C=O) groups excluding carboxylic acids is 1. The highest BCUT2D eigenvalue weighted by molar-refractivity contribution is 7.98. The third kappa shape index (κ3) is 3.57. The highest BCUT2D eigenvalue weighted by Gasteiger charge is 2.07. The topological polar surface area (TPSA) is 34.4 Å². The van der Waals surface area contributed by atoms with Crippen LogP contribution in [0.4, 0.5) is 0 Å². The van der Waals surface area contributed by atoms with Crippen LogP contribution >= 0.6 is 23.1 Å². The zero-order valence-electron chi connectivity index (χ0n) is 13.4. The smallest absolute Gasteiger partial charge is 0.252 e. The van der Waals surface area contributed by atoms with E-state index in [1.165, 1.54) is 10.5 Å². The molecule has 5 heteroatoms. The van der Waals surface area contributed by atoms with Crippen LogP contribution in [0.15, 0.2) is 52.4 Å². The van der Waals surface area contributed by atoms with E-state index in [0.717, 1.165) is 20.6 Å². The Bertz CT molecular complexity index is 920. The molecule has 0 saturated heterocycles. The molecule has 23 heavy (non-hydrogen) atoms. The van der Waals surface area contributed by atoms with Crippen LogP contribution < -0.4 is 4.80 Å². The largest absolute Gasteiger partial charge is 0.319 e. The monoisotopic (exact) mass is 342 g/mol. The van der Waals surface area contributed by atoms with E-state index in [0.29, 0.717) is 6.42 Å². The van der Waals surface area contributed by atoms with Gasteiger partial charge in [0.2, 0.25) is 0 Å². The average Bonchev–Trinajstić information content (AvgIpc) is 2.85. The lowest BCUT2D eigenvalue weighted by molar-refractivity contribution is -0.117. The van der Waals surface area contributed by atoms with E-state index in [1.54, 1.807) is 23.1 Å². The molecule has 3 aromatic rings. The number of carbonyl (C=O) groups is 1. The van der Waals surface area contributed by atoms with Gasteiger partial charge in [0.1, 0.15) is 0 Å². The van der Waals surface area contributed by atoms with E-state index < -0.39 is 0 Å². The van der Waals surface area contributed by atoms with Crippen LogP contribution in [0.25, 0.3) is 10.2 Å². The fourth-order valence-corrected chi connectivity index (χ4v) is 3.96. The zero-order valence-corrected chi connectivity index (χ0v) is 15.0. The fourth-order valence-electron chi connectivity index (χ4n) is 2.37. The van der Waals surface area contributed by atoms with Crippen LogP contribution in [-0.2, 0) is 18.3 Å². The van der Waals surface area contributed by atoms with Crippen molar-refractivity contribution < 1.29 is 4.79 Å². The first-order chi connectivity index (χ1) is 11.1. The molecule has 0 radical (unpaired) electrons. The van der Waals surface area contributed by atoms with Crippen LogP contribution in [0.2, 0.25) is 0 Å². The number of aromatic nitrogens is 1. The van der Waals surface area contributed by atoms with Crippen LogP contribution in [0.5, 0.6) is 0 Å². The standard InChI is InChI=1S/C18H18N2OS2/c1-12-4-6-13(7-5-12)10-17(21)19-18-20(2)15-9-8-14(22-3)11-16(15)23-18/h4-9,11H,10H2,1-3H3. The molecule has 0 atom stereocenters. The summed E-state index contributed by atoms with van der Waals surface area (Å²) in [6.45, 7) is 2.04. The van der Waals surface area contributed by atoms with Gasteiger partial charge in [-0.3, -0.25) is 4.79 Å². The van der Waals surface area contributed by atoms with Gasteiger partial charge in [-0.2, -0.15) is 4.99 Å². The molecule has 0 unspecified atom stereocenters. The van der Waals surface area contributed by atoms with Crippen LogP contribution in [-0.4, -0.2) is 16.7 Å². The number of benzene rings is 2. The van der Waals surface area contributed by atoms with Gasteiger partial charge in [0, 0.05) is 11.9 Å². The van der Waals surface area contributed by atoms with Crippen molar-refractivity contribution in [3.8, 4) is 0 Å². The second-order valence-corrected chi connectivity index (χ2v) is 7.33. The van der Waals surface area contributed by atoms with Gasteiger partial charge >= 0.3 is 0 Å². The summed E-state index contributed by atoms with van der Waals surface area (Å²) in [5.74, 6) is -0.110. The zero-order chi connectivity index (χ0) is 16.4. The van der Waals surface area contributed by atoms with E-state index in [9.17, 15) is 4.79 Å². The van der Waals surface area contributed by atoms with Gasteiger partial charge in [-0.25, -0.2) is 0 Å². The molecule has 0 bridgehead atoms. The molecule has 0 fully saturated rings. The van der Waals surface area contributed by atoms with Crippen LogP contribution in [0.1, 0.15) is 11.1 Å². The molecule has 0 spiro atoms. The lowest BCUT2D eigenvalue weighted by atomic mass is 10.1. The van der Waals surface area contributed by atoms with Gasteiger partial charge < -0.3 is 4.57 Å². The number of hydrogen-bond acceptors (Lipinski definition) is 3. The maximum absolute atomic E-state index is 12.2. The number of aryl methyl sites for hydroxylation is 2. The summed E-state index contributed by atoms with van der Waals surface area (Å²) in [5, 5.41) is 0. The van der Waals surface area contributed by atoms with Crippen molar-refractivity contribution in [2.24, 2.45) is 12.0 Å². The Kier molecular flexibility index (Phi) is 4.68. The highest BCUT2D eigenvalue weighted by atomic mass is 32.2. The second-order valence-electron chi connectivity index (χ2n) is 5.45. The lowest BCUT2D eigenvalue weighted by Gasteiger charge is -1.99. The number of thiazole rings is 1. The van der Waals surface area contributed by atoms with Crippen molar-refractivity contribution in [1.29, 1.82) is 0 Å². The number of amides is 1. The summed E-state index contributed by atoms with van der Waals surface area (Å²) in [7, 11) is 1.95. The average molecular weight is 342 g/mol. The second kappa shape index (κ2) is 6.72. The number of rotatable bonds is 3. The van der Waals surface area contributed by atoms with Crippen LogP contribution in [0.3, 0.4) is 0 Å². The van der Waals surface area contributed by atoms with E-state index in [-0.39, 0.29) is 5.91 Å². The number of fused-ring (bicyclic) bond motifs is 1. The van der Waals surface area contributed by atoms with E-state index >= 15 is 0 Å². The molecule has 0 aliphatic heterocycles. The van der Waals surface area contributed by atoms with Gasteiger partial charge in [0.25, 0.3) is 5.91 Å². The van der Waals surface area contributed by atoms with Crippen molar-refractivity contribution in [3.63, 3.8) is 0 Å². The summed E-state index contributed by atoms with van der Waals surface area (Å²) in [6.07, 6.45) is 2.40. The molecule has 1 heterocycles. The maximum Gasteiger partial charge on any atom is 0.252 e. The molecule has 0 aliphatic rings. The summed E-state index contributed by atoms with van der Waals surface area (Å²) in [4.78, 5) is 18.5. The number of hydrogen-bond donors (Lipinski definition) is 0. The van der Waals surface area contributed by atoms with Crippen LogP contribution in [0, 0.1) is 6.92 Å². The Balaban J connectivity index is 1.92. The lowest BCUT2D eigenvalue weighted by Crippen LogP contribution is -2.14. The Hall–Kier alpha value is -1.85. The summed E-state index contributed by atoms with van der Waals surface area (Å²) in [6, 6.07) is 14.3. The number of thioether (sulfide) groups is 1. The Labute approximate surface area is 143 Å². The van der Waals surface area contributed by atoms with Gasteiger partial charge in [-0.1, -0.05) is 41.2 Å². The summed E-state index contributed by atoms with van der Waals surface area (Å²) < 4.78 is 3.14. The Morgan fingerprint density at radius 3 is 2.65 bits per heavy atom. The minimum absolute atomic E-state index is 0.110. The molecule has 1 amide bonds. The molecule has 0 N–H and O–H groups in total. The highest BCUT2D eigenvalue weighted by Crippen LogP contribution is 2.23. The molecule has 0 aliphatic carbocycles. The molecule has 0 saturated carbocycles. The molecular weight excluding hydrogens is 324 g/mol. The minimum atomic E-state index is -0.110. The van der Waals surface area contributed by atoms with Gasteiger partial charge in [-0.05, 0) is 36.9 Å². The predicted octanol–water partition coefficient (Wildman–Crippen LogP) is 3.94. The first-order valence-corrected chi connectivity index (χ1v) is 9.37. The summed E-state index contributed by atoms with van der Waals surface area (Å²) >= 11 is 3.27. The van der Waals surface area contributed by atoms with Crippen molar-refractivity contribution in [1.82, 2.24) is 4.57 Å². The van der Waals surface area contributed by atoms with E-state index in [2.05, 4.69) is 29.4 Å². The van der Waals surface area contributed by atoms with Gasteiger partial charge in [-0.15, -0.1) is 11.8 Å². The predicted molar refractivity (Wildman–Crippen MR) is 98.0 cm³/mol.